The van der Waals surface area contributed by atoms with Crippen LogP contribution in [-0.2, 0) is 16.0 Å². The molecule has 0 spiro atoms. The summed E-state index contributed by atoms with van der Waals surface area (Å²) in [5.41, 5.74) is 0.422. The number of aryl methyl sites for hydroxylation is 1. The van der Waals surface area contributed by atoms with Crippen LogP contribution in [0.2, 0.25) is 0 Å². The van der Waals surface area contributed by atoms with Crippen molar-refractivity contribution in [3.8, 4) is 0 Å². The van der Waals surface area contributed by atoms with Crippen LogP contribution in [0.5, 0.6) is 0 Å². The van der Waals surface area contributed by atoms with E-state index in [1.54, 1.807) is 6.92 Å². The van der Waals surface area contributed by atoms with E-state index in [9.17, 15) is 9.90 Å². The Balaban J connectivity index is 2.31. The van der Waals surface area contributed by atoms with E-state index < -0.39 is 5.60 Å². The van der Waals surface area contributed by atoms with Gasteiger partial charge in [0.15, 0.2) is 0 Å². The SMILES string of the molecule is CC(=O)OCCC(C)(O)CCc1ccccc1. The van der Waals surface area contributed by atoms with Gasteiger partial charge in [0, 0.05) is 13.3 Å². The van der Waals surface area contributed by atoms with Crippen LogP contribution < -0.4 is 0 Å². The highest BCUT2D eigenvalue weighted by Gasteiger charge is 2.20. The first-order chi connectivity index (χ1) is 7.99. The van der Waals surface area contributed by atoms with Gasteiger partial charge in [-0.05, 0) is 25.3 Å². The lowest BCUT2D eigenvalue weighted by Gasteiger charge is -2.22. The van der Waals surface area contributed by atoms with Crippen molar-refractivity contribution in [3.63, 3.8) is 0 Å². The van der Waals surface area contributed by atoms with Crippen LogP contribution in [0.15, 0.2) is 30.3 Å². The summed E-state index contributed by atoms with van der Waals surface area (Å²) in [6.07, 6.45) is 1.96. The Morgan fingerprint density at radius 2 is 1.94 bits per heavy atom. The minimum atomic E-state index is -0.786. The van der Waals surface area contributed by atoms with Crippen molar-refractivity contribution in [2.45, 2.75) is 38.7 Å². The molecule has 3 heteroatoms. The molecule has 0 fully saturated rings. The van der Waals surface area contributed by atoms with E-state index in [0.29, 0.717) is 12.8 Å². The zero-order chi connectivity index (χ0) is 12.7. The van der Waals surface area contributed by atoms with Crippen LogP contribution in [0.3, 0.4) is 0 Å². The fraction of sp³-hybridized carbons (Fsp3) is 0.500. The molecule has 0 heterocycles. The number of hydrogen-bond donors (Lipinski definition) is 1. The van der Waals surface area contributed by atoms with Gasteiger partial charge in [-0.3, -0.25) is 4.79 Å². The van der Waals surface area contributed by atoms with Gasteiger partial charge in [-0.2, -0.15) is 0 Å². The Labute approximate surface area is 102 Å². The summed E-state index contributed by atoms with van der Waals surface area (Å²) >= 11 is 0. The highest BCUT2D eigenvalue weighted by molar-refractivity contribution is 5.65. The van der Waals surface area contributed by atoms with Crippen LogP contribution >= 0.6 is 0 Å². The Morgan fingerprint density at radius 3 is 2.53 bits per heavy atom. The number of carbonyl (C=O) groups is 1. The quantitative estimate of drug-likeness (QED) is 0.771. The van der Waals surface area contributed by atoms with Gasteiger partial charge in [0.05, 0.1) is 12.2 Å². The third kappa shape index (κ3) is 6.07. The molecule has 1 atom stereocenters. The normalized spacial score (nSPS) is 14.1. The van der Waals surface area contributed by atoms with E-state index in [1.807, 2.05) is 30.3 Å². The van der Waals surface area contributed by atoms with E-state index in [0.717, 1.165) is 6.42 Å². The molecule has 94 valence electrons. The Bertz CT molecular complexity index is 344. The number of benzene rings is 1. The highest BCUT2D eigenvalue weighted by Crippen LogP contribution is 2.17. The zero-order valence-corrected chi connectivity index (χ0v) is 10.5. The smallest absolute Gasteiger partial charge is 0.302 e. The van der Waals surface area contributed by atoms with Crippen LogP contribution in [0.1, 0.15) is 32.3 Å². The average molecular weight is 236 g/mol. The lowest BCUT2D eigenvalue weighted by Crippen LogP contribution is -2.27. The minimum absolute atomic E-state index is 0.275. The highest BCUT2D eigenvalue weighted by atomic mass is 16.5. The molecule has 0 aliphatic carbocycles. The van der Waals surface area contributed by atoms with Crippen molar-refractivity contribution in [2.75, 3.05) is 6.61 Å². The monoisotopic (exact) mass is 236 g/mol. The molecular formula is C14H20O3. The van der Waals surface area contributed by atoms with E-state index in [-0.39, 0.29) is 12.6 Å². The Hall–Kier alpha value is -1.35. The summed E-state index contributed by atoms with van der Waals surface area (Å²) in [6.45, 7) is 3.43. The Kier molecular flexibility index (Phi) is 5.16. The van der Waals surface area contributed by atoms with Crippen molar-refractivity contribution in [2.24, 2.45) is 0 Å². The molecular weight excluding hydrogens is 216 g/mol. The van der Waals surface area contributed by atoms with Gasteiger partial charge in [-0.15, -0.1) is 0 Å². The van der Waals surface area contributed by atoms with Gasteiger partial charge >= 0.3 is 5.97 Å². The van der Waals surface area contributed by atoms with Gasteiger partial charge in [-0.25, -0.2) is 0 Å². The van der Waals surface area contributed by atoms with E-state index in [2.05, 4.69) is 0 Å². The van der Waals surface area contributed by atoms with Crippen molar-refractivity contribution < 1.29 is 14.6 Å². The third-order valence-electron chi connectivity index (χ3n) is 2.74. The maximum Gasteiger partial charge on any atom is 0.302 e. The van der Waals surface area contributed by atoms with E-state index in [4.69, 9.17) is 4.74 Å². The lowest BCUT2D eigenvalue weighted by molar-refractivity contribution is -0.142. The third-order valence-corrected chi connectivity index (χ3v) is 2.74. The molecule has 17 heavy (non-hydrogen) atoms. The summed E-state index contributed by atoms with van der Waals surface area (Å²) in [5.74, 6) is -0.302. The van der Waals surface area contributed by atoms with Gasteiger partial charge in [0.2, 0.25) is 0 Å². The summed E-state index contributed by atoms with van der Waals surface area (Å²) in [7, 11) is 0. The largest absolute Gasteiger partial charge is 0.466 e. The standard InChI is InChI=1S/C14H20O3/c1-12(15)17-11-10-14(2,16)9-8-13-6-4-3-5-7-13/h3-7,16H,8-11H2,1-2H3. The first kappa shape index (κ1) is 13.7. The first-order valence-corrected chi connectivity index (χ1v) is 5.89. The van der Waals surface area contributed by atoms with Gasteiger partial charge in [0.25, 0.3) is 0 Å². The number of rotatable bonds is 6. The molecule has 0 radical (unpaired) electrons. The molecule has 0 saturated heterocycles. The molecule has 0 saturated carbocycles. The summed E-state index contributed by atoms with van der Waals surface area (Å²) in [6, 6.07) is 10.0. The number of carbonyl (C=O) groups excluding carboxylic acids is 1. The van der Waals surface area contributed by atoms with E-state index in [1.165, 1.54) is 12.5 Å². The summed E-state index contributed by atoms with van der Waals surface area (Å²) in [5, 5.41) is 10.1. The van der Waals surface area contributed by atoms with Crippen LogP contribution in [0, 0.1) is 0 Å². The van der Waals surface area contributed by atoms with Crippen molar-refractivity contribution >= 4 is 5.97 Å². The number of esters is 1. The molecule has 3 nitrogen and oxygen atoms in total. The maximum absolute atomic E-state index is 10.6. The number of ether oxygens (including phenoxy) is 1. The predicted octanol–water partition coefficient (Wildman–Crippen LogP) is 2.32. The molecule has 1 N–H and O–H groups in total. The fourth-order valence-electron chi connectivity index (χ4n) is 1.60. The average Bonchev–Trinajstić information content (AvgIpc) is 2.27. The molecule has 1 aromatic rings. The molecule has 0 aliphatic heterocycles. The maximum atomic E-state index is 10.6. The molecule has 1 rings (SSSR count). The second-order valence-corrected chi connectivity index (χ2v) is 4.57. The molecule has 0 aliphatic rings. The topological polar surface area (TPSA) is 46.5 Å². The molecule has 1 unspecified atom stereocenters. The molecule has 0 bridgehead atoms. The second kappa shape index (κ2) is 6.40. The van der Waals surface area contributed by atoms with Gasteiger partial charge in [0.1, 0.15) is 0 Å². The first-order valence-electron chi connectivity index (χ1n) is 5.89. The van der Waals surface area contributed by atoms with Crippen molar-refractivity contribution in [3.05, 3.63) is 35.9 Å². The van der Waals surface area contributed by atoms with Crippen LogP contribution in [0.25, 0.3) is 0 Å². The molecule has 1 aromatic carbocycles. The van der Waals surface area contributed by atoms with Crippen molar-refractivity contribution in [1.82, 2.24) is 0 Å². The summed E-state index contributed by atoms with van der Waals surface area (Å²) < 4.78 is 4.83. The predicted molar refractivity (Wildman–Crippen MR) is 66.6 cm³/mol. The Morgan fingerprint density at radius 1 is 1.29 bits per heavy atom. The fourth-order valence-corrected chi connectivity index (χ4v) is 1.60. The van der Waals surface area contributed by atoms with Crippen molar-refractivity contribution in [1.29, 1.82) is 0 Å². The second-order valence-electron chi connectivity index (χ2n) is 4.57. The van der Waals surface area contributed by atoms with E-state index >= 15 is 0 Å². The number of aliphatic hydroxyl groups is 1. The van der Waals surface area contributed by atoms with Gasteiger partial charge in [-0.1, -0.05) is 30.3 Å². The minimum Gasteiger partial charge on any atom is -0.466 e. The zero-order valence-electron chi connectivity index (χ0n) is 10.5. The summed E-state index contributed by atoms with van der Waals surface area (Å²) in [4.78, 5) is 10.6. The lowest BCUT2D eigenvalue weighted by atomic mass is 9.94. The van der Waals surface area contributed by atoms with Crippen LogP contribution in [0.4, 0.5) is 0 Å². The van der Waals surface area contributed by atoms with Gasteiger partial charge < -0.3 is 9.84 Å². The number of hydrogen-bond acceptors (Lipinski definition) is 3. The van der Waals surface area contributed by atoms with Crippen LogP contribution in [-0.4, -0.2) is 23.3 Å². The molecule has 0 aromatic heterocycles. The molecule has 0 amide bonds.